The lowest BCUT2D eigenvalue weighted by Gasteiger charge is -2.07. The number of carbonyl (C=O) groups is 2. The summed E-state index contributed by atoms with van der Waals surface area (Å²) in [6.45, 7) is 0. The van der Waals surface area contributed by atoms with Gasteiger partial charge in [-0.3, -0.25) is 9.59 Å². The molecule has 0 aliphatic carbocycles. The van der Waals surface area contributed by atoms with Crippen LogP contribution in [0.25, 0.3) is 12.2 Å². The Bertz CT molecular complexity index is 911. The summed E-state index contributed by atoms with van der Waals surface area (Å²) in [5.41, 5.74) is 1.32. The van der Waals surface area contributed by atoms with Gasteiger partial charge >= 0.3 is 0 Å². The van der Waals surface area contributed by atoms with Crippen molar-refractivity contribution in [3.05, 3.63) is 59.7 Å². The number of allylic oxidation sites excluding steroid dienone is 2. The number of phenolic OH excluding ortho intramolecular Hbond substituents is 1. The molecule has 6 heteroatoms. The highest BCUT2D eigenvalue weighted by molar-refractivity contribution is 6.11. The summed E-state index contributed by atoms with van der Waals surface area (Å²) >= 11 is 0. The highest BCUT2D eigenvalue weighted by Gasteiger charge is 2.06. The Hall–Kier alpha value is -3.54. The van der Waals surface area contributed by atoms with Crippen LogP contribution in [0.3, 0.4) is 0 Å². The number of benzene rings is 2. The second-order valence-corrected chi connectivity index (χ2v) is 5.82. The van der Waals surface area contributed by atoms with Crippen LogP contribution < -0.4 is 14.2 Å². The lowest BCUT2D eigenvalue weighted by Crippen LogP contribution is -2.02. The maximum atomic E-state index is 12.0. The molecule has 0 amide bonds. The number of hydrogen-bond donors (Lipinski definition) is 1. The molecule has 28 heavy (non-hydrogen) atoms. The van der Waals surface area contributed by atoms with Gasteiger partial charge in [-0.2, -0.15) is 0 Å². The predicted octanol–water partition coefficient (Wildman–Crippen LogP) is 3.67. The average molecular weight is 382 g/mol. The molecule has 0 unspecified atom stereocenters. The van der Waals surface area contributed by atoms with Gasteiger partial charge in [0.05, 0.1) is 27.8 Å². The number of methoxy groups -OCH3 is 3. The third-order valence-corrected chi connectivity index (χ3v) is 3.90. The number of rotatable bonds is 9. The van der Waals surface area contributed by atoms with E-state index in [1.807, 2.05) is 0 Å². The standard InChI is InChI=1S/C22H22O6/c1-26-19-10-7-16(22(14-19)28-3)6-9-18(24)13-17(23)8-4-15-5-11-21(27-2)20(25)12-15/h4-12,14,25H,13H2,1-3H3/b8-4+,9-6+. The molecular weight excluding hydrogens is 360 g/mol. The molecule has 146 valence electrons. The number of carbonyl (C=O) groups excluding carboxylic acids is 2. The van der Waals surface area contributed by atoms with Crippen LogP contribution in [0.5, 0.6) is 23.0 Å². The molecule has 0 saturated carbocycles. The van der Waals surface area contributed by atoms with Crippen LogP contribution in [0.1, 0.15) is 17.5 Å². The lowest BCUT2D eigenvalue weighted by atomic mass is 10.1. The zero-order valence-corrected chi connectivity index (χ0v) is 16.0. The summed E-state index contributed by atoms with van der Waals surface area (Å²) in [6.07, 6.45) is 5.52. The molecular formula is C22H22O6. The quantitative estimate of drug-likeness (QED) is 0.526. The van der Waals surface area contributed by atoms with Gasteiger partial charge in [-0.1, -0.05) is 12.1 Å². The van der Waals surface area contributed by atoms with E-state index in [4.69, 9.17) is 14.2 Å². The topological polar surface area (TPSA) is 82.1 Å². The van der Waals surface area contributed by atoms with E-state index in [1.165, 1.54) is 38.5 Å². The van der Waals surface area contributed by atoms with E-state index in [1.54, 1.807) is 43.5 Å². The molecule has 0 aromatic heterocycles. The number of hydrogen-bond acceptors (Lipinski definition) is 6. The molecule has 0 radical (unpaired) electrons. The van der Waals surface area contributed by atoms with Crippen LogP contribution in [-0.4, -0.2) is 38.0 Å². The molecule has 0 aliphatic heterocycles. The van der Waals surface area contributed by atoms with Crippen LogP contribution in [0.2, 0.25) is 0 Å². The van der Waals surface area contributed by atoms with E-state index >= 15 is 0 Å². The molecule has 0 fully saturated rings. The molecule has 2 aromatic carbocycles. The van der Waals surface area contributed by atoms with Crippen LogP contribution >= 0.6 is 0 Å². The first kappa shape index (κ1) is 20.8. The minimum Gasteiger partial charge on any atom is -0.504 e. The van der Waals surface area contributed by atoms with Crippen molar-refractivity contribution in [3.63, 3.8) is 0 Å². The smallest absolute Gasteiger partial charge is 0.163 e. The molecule has 2 rings (SSSR count). The van der Waals surface area contributed by atoms with Crippen LogP contribution in [0.4, 0.5) is 0 Å². The number of ether oxygens (including phenoxy) is 3. The van der Waals surface area contributed by atoms with Gasteiger partial charge in [-0.05, 0) is 48.1 Å². The summed E-state index contributed by atoms with van der Waals surface area (Å²) in [7, 11) is 4.54. The maximum Gasteiger partial charge on any atom is 0.163 e. The Kier molecular flexibility index (Phi) is 7.39. The lowest BCUT2D eigenvalue weighted by molar-refractivity contribution is -0.121. The highest BCUT2D eigenvalue weighted by atomic mass is 16.5. The van der Waals surface area contributed by atoms with Crippen molar-refractivity contribution in [3.8, 4) is 23.0 Å². The Balaban J connectivity index is 1.98. The molecule has 0 heterocycles. The van der Waals surface area contributed by atoms with E-state index in [9.17, 15) is 14.7 Å². The third kappa shape index (κ3) is 5.74. The monoisotopic (exact) mass is 382 g/mol. The fraction of sp³-hybridized carbons (Fsp3) is 0.182. The minimum absolute atomic E-state index is 0.0236. The van der Waals surface area contributed by atoms with Crippen LogP contribution in [0.15, 0.2) is 48.6 Å². The van der Waals surface area contributed by atoms with Gasteiger partial charge in [-0.15, -0.1) is 0 Å². The Morgan fingerprint density at radius 1 is 0.857 bits per heavy atom. The van der Waals surface area contributed by atoms with Crippen molar-refractivity contribution in [1.29, 1.82) is 0 Å². The first-order chi connectivity index (χ1) is 13.5. The summed E-state index contributed by atoms with van der Waals surface area (Å²) in [4.78, 5) is 24.0. The average Bonchev–Trinajstić information content (AvgIpc) is 2.70. The van der Waals surface area contributed by atoms with E-state index in [2.05, 4.69) is 0 Å². The second kappa shape index (κ2) is 9.97. The summed E-state index contributed by atoms with van der Waals surface area (Å²) in [6, 6.07) is 9.99. The molecule has 0 saturated heterocycles. The third-order valence-electron chi connectivity index (χ3n) is 3.90. The van der Waals surface area contributed by atoms with Crippen molar-refractivity contribution in [1.82, 2.24) is 0 Å². The van der Waals surface area contributed by atoms with Crippen LogP contribution in [0, 0.1) is 0 Å². The molecule has 0 bridgehead atoms. The predicted molar refractivity (Wildman–Crippen MR) is 107 cm³/mol. The van der Waals surface area contributed by atoms with Crippen molar-refractivity contribution < 1.29 is 28.9 Å². The fourth-order valence-electron chi connectivity index (χ4n) is 2.43. The van der Waals surface area contributed by atoms with Crippen molar-refractivity contribution in [2.75, 3.05) is 21.3 Å². The first-order valence-electron chi connectivity index (χ1n) is 8.47. The Morgan fingerprint density at radius 3 is 2.14 bits per heavy atom. The van der Waals surface area contributed by atoms with Crippen molar-refractivity contribution in [2.24, 2.45) is 0 Å². The fourth-order valence-corrected chi connectivity index (χ4v) is 2.43. The van der Waals surface area contributed by atoms with E-state index in [-0.39, 0.29) is 23.7 Å². The zero-order valence-electron chi connectivity index (χ0n) is 16.0. The highest BCUT2D eigenvalue weighted by Crippen LogP contribution is 2.27. The van der Waals surface area contributed by atoms with Gasteiger partial charge in [0.2, 0.25) is 0 Å². The first-order valence-corrected chi connectivity index (χ1v) is 8.47. The molecule has 0 aliphatic rings. The molecule has 6 nitrogen and oxygen atoms in total. The normalized spacial score (nSPS) is 11.0. The van der Waals surface area contributed by atoms with Gasteiger partial charge in [0.25, 0.3) is 0 Å². The number of aromatic hydroxyl groups is 1. The number of ketones is 2. The Morgan fingerprint density at radius 2 is 1.54 bits per heavy atom. The second-order valence-electron chi connectivity index (χ2n) is 5.82. The zero-order chi connectivity index (χ0) is 20.5. The van der Waals surface area contributed by atoms with Crippen molar-refractivity contribution in [2.45, 2.75) is 6.42 Å². The van der Waals surface area contributed by atoms with Gasteiger partial charge in [0.15, 0.2) is 23.1 Å². The molecule has 2 aromatic rings. The maximum absolute atomic E-state index is 12.0. The molecule has 1 N–H and O–H groups in total. The minimum atomic E-state index is -0.341. The van der Waals surface area contributed by atoms with Gasteiger partial charge < -0.3 is 19.3 Å². The summed E-state index contributed by atoms with van der Waals surface area (Å²) in [5.74, 6) is 0.859. The van der Waals surface area contributed by atoms with Crippen LogP contribution in [-0.2, 0) is 9.59 Å². The van der Waals surface area contributed by atoms with Gasteiger partial charge in [0, 0.05) is 11.6 Å². The van der Waals surface area contributed by atoms with E-state index in [0.29, 0.717) is 28.4 Å². The van der Waals surface area contributed by atoms with E-state index in [0.717, 1.165) is 0 Å². The van der Waals surface area contributed by atoms with E-state index < -0.39 is 0 Å². The number of phenols is 1. The molecule has 0 spiro atoms. The SMILES string of the molecule is COc1ccc(/C=C/C(=O)CC(=O)/C=C/c2ccc(OC)c(O)c2)c(OC)c1. The van der Waals surface area contributed by atoms with Gasteiger partial charge in [-0.25, -0.2) is 0 Å². The largest absolute Gasteiger partial charge is 0.504 e. The molecule has 0 atom stereocenters. The van der Waals surface area contributed by atoms with Crippen molar-refractivity contribution >= 4 is 23.7 Å². The Labute approximate surface area is 163 Å². The van der Waals surface area contributed by atoms with Gasteiger partial charge in [0.1, 0.15) is 11.5 Å². The summed E-state index contributed by atoms with van der Waals surface area (Å²) < 4.78 is 15.4. The summed E-state index contributed by atoms with van der Waals surface area (Å²) in [5, 5.41) is 9.73.